The fraction of sp³-hybridized carbons (Fsp3) is 0.333. The van der Waals surface area contributed by atoms with Gasteiger partial charge in [0, 0.05) is 5.75 Å². The van der Waals surface area contributed by atoms with Crippen molar-refractivity contribution < 1.29 is 5.21 Å². The van der Waals surface area contributed by atoms with Gasteiger partial charge in [0.2, 0.25) is 0 Å². The van der Waals surface area contributed by atoms with Gasteiger partial charge in [0.05, 0.1) is 6.54 Å². The summed E-state index contributed by atoms with van der Waals surface area (Å²) in [6, 6.07) is 0. The number of thioether (sulfide) groups is 1. The highest BCUT2D eigenvalue weighted by molar-refractivity contribution is 8.14. The van der Waals surface area contributed by atoms with Crippen molar-refractivity contribution in [1.29, 1.82) is 5.41 Å². The number of hydroxylamine groups is 2. The maximum Gasteiger partial charge on any atom is 0.180 e. The summed E-state index contributed by atoms with van der Waals surface area (Å²) in [6.45, 7) is 1.55. The minimum absolute atomic E-state index is 0.208. The van der Waals surface area contributed by atoms with Gasteiger partial charge in [-0.3, -0.25) is 10.6 Å². The molecule has 1 saturated heterocycles. The Morgan fingerprint density at radius 3 is 2.86 bits per heavy atom. The third-order valence-electron chi connectivity index (χ3n) is 0.676. The molecule has 0 bridgehead atoms. The van der Waals surface area contributed by atoms with Crippen LogP contribution in [0.25, 0.3) is 0 Å². The molecule has 3 nitrogen and oxygen atoms in total. The van der Waals surface area contributed by atoms with Crippen LogP contribution in [0.3, 0.4) is 0 Å². The first-order valence-corrected chi connectivity index (χ1v) is 2.82. The average molecular weight is 117 g/mol. The predicted octanol–water partition coefficient (Wildman–Crippen LogP) is 0.521. The van der Waals surface area contributed by atoms with Gasteiger partial charge in [0.1, 0.15) is 0 Å². The summed E-state index contributed by atoms with van der Waals surface area (Å²) >= 11 is 1.31. The van der Waals surface area contributed by atoms with Crippen LogP contribution in [0.2, 0.25) is 0 Å². The van der Waals surface area contributed by atoms with Gasteiger partial charge in [0.25, 0.3) is 0 Å². The minimum Gasteiger partial charge on any atom is -0.286 e. The second kappa shape index (κ2) is 1.71. The molecule has 0 aromatic rings. The smallest absolute Gasteiger partial charge is 0.180 e. The molecule has 1 aliphatic heterocycles. The molecule has 1 radical (unpaired) electrons. The van der Waals surface area contributed by atoms with Crippen LogP contribution in [-0.2, 0) is 0 Å². The van der Waals surface area contributed by atoms with E-state index >= 15 is 0 Å². The highest BCUT2D eigenvalue weighted by atomic mass is 32.2. The first-order valence-electron chi connectivity index (χ1n) is 1.83. The van der Waals surface area contributed by atoms with E-state index in [1.54, 1.807) is 6.54 Å². The second-order valence-electron chi connectivity index (χ2n) is 1.14. The van der Waals surface area contributed by atoms with Gasteiger partial charge in [0.15, 0.2) is 5.17 Å². The van der Waals surface area contributed by atoms with Crippen molar-refractivity contribution in [2.24, 2.45) is 0 Å². The Bertz CT molecular complexity index is 94.9. The molecule has 1 aliphatic rings. The van der Waals surface area contributed by atoms with Crippen molar-refractivity contribution in [1.82, 2.24) is 5.06 Å². The molecular formula is C3H5N2OS. The predicted molar refractivity (Wildman–Crippen MR) is 28.1 cm³/mol. The van der Waals surface area contributed by atoms with Crippen molar-refractivity contribution in [3.63, 3.8) is 0 Å². The van der Waals surface area contributed by atoms with E-state index in [2.05, 4.69) is 0 Å². The lowest BCUT2D eigenvalue weighted by atomic mass is 10.7. The fourth-order valence-corrected chi connectivity index (χ4v) is 0.916. The van der Waals surface area contributed by atoms with Gasteiger partial charge in [-0.1, -0.05) is 11.8 Å². The molecule has 0 saturated carbocycles. The van der Waals surface area contributed by atoms with Gasteiger partial charge in [-0.15, -0.1) is 0 Å². The topological polar surface area (TPSA) is 47.3 Å². The fourth-order valence-electron chi connectivity index (χ4n) is 0.336. The number of hydrogen-bond acceptors (Lipinski definition) is 3. The summed E-state index contributed by atoms with van der Waals surface area (Å²) in [4.78, 5) is 0. The highest BCUT2D eigenvalue weighted by Gasteiger charge is 2.14. The standard InChI is InChI=1S/C3H5N2OS/c4-3-5(6)1-2-7-3/h1,4,6H,2H2. The monoisotopic (exact) mass is 117 g/mol. The average Bonchev–Trinajstić information content (AvgIpc) is 1.91. The van der Waals surface area contributed by atoms with E-state index in [4.69, 9.17) is 10.6 Å². The third kappa shape index (κ3) is 0.863. The van der Waals surface area contributed by atoms with Crippen molar-refractivity contribution in [2.45, 2.75) is 0 Å². The van der Waals surface area contributed by atoms with E-state index in [9.17, 15) is 0 Å². The maximum absolute atomic E-state index is 8.53. The quantitative estimate of drug-likeness (QED) is 0.486. The second-order valence-corrected chi connectivity index (χ2v) is 2.15. The molecule has 7 heavy (non-hydrogen) atoms. The molecule has 1 heterocycles. The summed E-state index contributed by atoms with van der Waals surface area (Å²) in [7, 11) is 0. The molecule has 0 atom stereocenters. The number of amidine groups is 1. The normalized spacial score (nSPS) is 21.3. The summed E-state index contributed by atoms with van der Waals surface area (Å²) in [6.07, 6.45) is 0. The van der Waals surface area contributed by atoms with E-state index in [1.807, 2.05) is 0 Å². The third-order valence-corrected chi connectivity index (χ3v) is 1.45. The van der Waals surface area contributed by atoms with E-state index in [0.717, 1.165) is 10.8 Å². The Labute approximate surface area is 45.8 Å². The first-order chi connectivity index (χ1) is 3.30. The van der Waals surface area contributed by atoms with Crippen LogP contribution < -0.4 is 0 Å². The summed E-state index contributed by atoms with van der Waals surface area (Å²) in [5, 5.41) is 16.4. The van der Waals surface area contributed by atoms with Gasteiger partial charge in [-0.05, 0) is 0 Å². The number of rotatable bonds is 0. The zero-order valence-electron chi connectivity index (χ0n) is 3.59. The molecule has 0 amide bonds. The Morgan fingerprint density at radius 1 is 2.00 bits per heavy atom. The summed E-state index contributed by atoms with van der Waals surface area (Å²) < 4.78 is 0. The van der Waals surface area contributed by atoms with Crippen molar-refractivity contribution in [3.8, 4) is 0 Å². The molecule has 0 spiro atoms. The Kier molecular flexibility index (Phi) is 1.21. The minimum atomic E-state index is 0.208. The van der Waals surface area contributed by atoms with Gasteiger partial charge in [-0.25, -0.2) is 5.06 Å². The van der Waals surface area contributed by atoms with Gasteiger partial charge < -0.3 is 0 Å². The molecule has 0 aromatic heterocycles. The summed E-state index contributed by atoms with van der Waals surface area (Å²) in [5.74, 6) is 0.718. The Morgan fingerprint density at radius 2 is 2.71 bits per heavy atom. The van der Waals surface area contributed by atoms with E-state index in [0.29, 0.717) is 0 Å². The van der Waals surface area contributed by atoms with Crippen LogP contribution in [0, 0.1) is 12.0 Å². The van der Waals surface area contributed by atoms with E-state index in [1.165, 1.54) is 11.8 Å². The van der Waals surface area contributed by atoms with Crippen LogP contribution in [0.15, 0.2) is 0 Å². The highest BCUT2D eigenvalue weighted by Crippen LogP contribution is 2.15. The zero-order chi connectivity index (χ0) is 5.28. The van der Waals surface area contributed by atoms with Crippen molar-refractivity contribution in [2.75, 3.05) is 5.75 Å². The first kappa shape index (κ1) is 4.93. The van der Waals surface area contributed by atoms with Gasteiger partial charge >= 0.3 is 0 Å². The lowest BCUT2D eigenvalue weighted by Gasteiger charge is -2.01. The Balaban J connectivity index is 2.48. The van der Waals surface area contributed by atoms with Crippen molar-refractivity contribution in [3.05, 3.63) is 6.54 Å². The number of nitrogens with zero attached hydrogens (tertiary/aromatic N) is 1. The van der Waals surface area contributed by atoms with Crippen LogP contribution in [0.4, 0.5) is 0 Å². The lowest BCUT2D eigenvalue weighted by Crippen LogP contribution is -2.13. The van der Waals surface area contributed by atoms with E-state index in [-0.39, 0.29) is 5.17 Å². The zero-order valence-corrected chi connectivity index (χ0v) is 4.40. The molecule has 2 N–H and O–H groups in total. The van der Waals surface area contributed by atoms with E-state index < -0.39 is 0 Å². The van der Waals surface area contributed by atoms with Crippen LogP contribution in [0.5, 0.6) is 0 Å². The molecule has 1 fully saturated rings. The van der Waals surface area contributed by atoms with Crippen molar-refractivity contribution >= 4 is 16.9 Å². The van der Waals surface area contributed by atoms with Crippen LogP contribution in [0.1, 0.15) is 0 Å². The molecular weight excluding hydrogens is 112 g/mol. The number of hydrogen-bond donors (Lipinski definition) is 2. The van der Waals surface area contributed by atoms with Crippen LogP contribution >= 0.6 is 11.8 Å². The molecule has 0 aromatic carbocycles. The van der Waals surface area contributed by atoms with Crippen LogP contribution in [-0.4, -0.2) is 21.2 Å². The molecule has 0 aliphatic carbocycles. The molecule has 39 valence electrons. The lowest BCUT2D eigenvalue weighted by molar-refractivity contribution is 0.0245. The largest absolute Gasteiger partial charge is 0.286 e. The Hall–Kier alpha value is -0.220. The molecule has 0 unspecified atom stereocenters. The maximum atomic E-state index is 8.53. The number of nitrogens with one attached hydrogen (secondary N) is 1. The summed E-state index contributed by atoms with van der Waals surface area (Å²) in [5.41, 5.74) is 0. The van der Waals surface area contributed by atoms with Gasteiger partial charge in [-0.2, -0.15) is 0 Å². The SMILES string of the molecule is N=C1SC[CH]N1O. The molecule has 1 rings (SSSR count). The molecule has 4 heteroatoms.